The highest BCUT2D eigenvalue weighted by Gasteiger charge is 2.37. The fourth-order valence-corrected chi connectivity index (χ4v) is 2.29. The SMILES string of the molecule is COc1ccc(C(=O)N2CC(CN)OCC2(C)C)cc1. The third-order valence-corrected chi connectivity index (χ3v) is 3.63. The van der Waals surface area contributed by atoms with Crippen molar-refractivity contribution in [3.8, 4) is 5.75 Å². The Hall–Kier alpha value is -1.59. The lowest BCUT2D eigenvalue weighted by molar-refractivity contribution is -0.0788. The number of carbonyl (C=O) groups is 1. The lowest BCUT2D eigenvalue weighted by Crippen LogP contribution is -2.59. The lowest BCUT2D eigenvalue weighted by atomic mass is 9.99. The minimum Gasteiger partial charge on any atom is -0.497 e. The molecule has 1 aromatic rings. The molecular formula is C15H22N2O3. The Labute approximate surface area is 119 Å². The van der Waals surface area contributed by atoms with Gasteiger partial charge in [-0.25, -0.2) is 0 Å². The number of amides is 1. The number of nitrogens with zero attached hydrogens (tertiary/aromatic N) is 1. The second-order valence-corrected chi connectivity index (χ2v) is 5.63. The molecule has 1 aromatic carbocycles. The van der Waals surface area contributed by atoms with Crippen LogP contribution in [0.15, 0.2) is 24.3 Å². The first-order valence-corrected chi connectivity index (χ1v) is 6.75. The molecule has 0 spiro atoms. The van der Waals surface area contributed by atoms with Crippen LogP contribution in [0.1, 0.15) is 24.2 Å². The lowest BCUT2D eigenvalue weighted by Gasteiger charge is -2.45. The van der Waals surface area contributed by atoms with E-state index < -0.39 is 0 Å². The van der Waals surface area contributed by atoms with Gasteiger partial charge in [-0.1, -0.05) is 0 Å². The fraction of sp³-hybridized carbons (Fsp3) is 0.533. The predicted octanol–water partition coefficient (Wildman–Crippen LogP) is 1.27. The van der Waals surface area contributed by atoms with Crippen LogP contribution in [-0.4, -0.2) is 49.3 Å². The Morgan fingerprint density at radius 1 is 1.45 bits per heavy atom. The quantitative estimate of drug-likeness (QED) is 0.904. The number of rotatable bonds is 3. The Morgan fingerprint density at radius 3 is 2.65 bits per heavy atom. The number of ether oxygens (including phenoxy) is 2. The highest BCUT2D eigenvalue weighted by molar-refractivity contribution is 5.95. The van der Waals surface area contributed by atoms with Gasteiger partial charge in [-0.15, -0.1) is 0 Å². The zero-order valence-electron chi connectivity index (χ0n) is 12.3. The molecule has 5 nitrogen and oxygen atoms in total. The van der Waals surface area contributed by atoms with E-state index in [9.17, 15) is 4.79 Å². The molecular weight excluding hydrogens is 256 g/mol. The maximum absolute atomic E-state index is 12.7. The molecule has 2 rings (SSSR count). The molecule has 1 atom stereocenters. The third kappa shape index (κ3) is 2.94. The van der Waals surface area contributed by atoms with Gasteiger partial charge in [0.2, 0.25) is 0 Å². The van der Waals surface area contributed by atoms with Crippen molar-refractivity contribution in [1.29, 1.82) is 0 Å². The zero-order valence-corrected chi connectivity index (χ0v) is 12.3. The van der Waals surface area contributed by atoms with Gasteiger partial charge in [-0.2, -0.15) is 0 Å². The number of carbonyl (C=O) groups excluding carboxylic acids is 1. The van der Waals surface area contributed by atoms with E-state index in [2.05, 4.69) is 0 Å². The van der Waals surface area contributed by atoms with E-state index in [1.165, 1.54) is 0 Å². The Kier molecular flexibility index (Phi) is 4.30. The highest BCUT2D eigenvalue weighted by atomic mass is 16.5. The summed E-state index contributed by atoms with van der Waals surface area (Å²) < 4.78 is 10.8. The van der Waals surface area contributed by atoms with Crippen molar-refractivity contribution < 1.29 is 14.3 Å². The van der Waals surface area contributed by atoms with E-state index in [4.69, 9.17) is 15.2 Å². The average molecular weight is 278 g/mol. The van der Waals surface area contributed by atoms with Crippen LogP contribution in [0.5, 0.6) is 5.75 Å². The van der Waals surface area contributed by atoms with Crippen LogP contribution in [0.3, 0.4) is 0 Å². The normalized spacial score (nSPS) is 21.6. The average Bonchev–Trinajstić information content (AvgIpc) is 2.46. The van der Waals surface area contributed by atoms with Crippen molar-refractivity contribution in [2.75, 3.05) is 26.8 Å². The maximum atomic E-state index is 12.7. The molecule has 2 N–H and O–H groups in total. The highest BCUT2D eigenvalue weighted by Crippen LogP contribution is 2.24. The summed E-state index contributed by atoms with van der Waals surface area (Å²) in [5.74, 6) is 0.738. The molecule has 0 aliphatic carbocycles. The van der Waals surface area contributed by atoms with Gasteiger partial charge in [-0.05, 0) is 38.1 Å². The van der Waals surface area contributed by atoms with Crippen LogP contribution in [0.4, 0.5) is 0 Å². The monoisotopic (exact) mass is 278 g/mol. The van der Waals surface area contributed by atoms with Crippen LogP contribution in [-0.2, 0) is 4.74 Å². The molecule has 1 fully saturated rings. The van der Waals surface area contributed by atoms with Gasteiger partial charge < -0.3 is 20.1 Å². The number of benzene rings is 1. The smallest absolute Gasteiger partial charge is 0.254 e. The van der Waals surface area contributed by atoms with Crippen molar-refractivity contribution >= 4 is 5.91 Å². The Bertz CT molecular complexity index is 471. The van der Waals surface area contributed by atoms with Gasteiger partial charge >= 0.3 is 0 Å². The summed E-state index contributed by atoms with van der Waals surface area (Å²) in [5.41, 5.74) is 5.97. The molecule has 5 heteroatoms. The molecule has 110 valence electrons. The summed E-state index contributed by atoms with van der Waals surface area (Å²) in [6.07, 6.45) is -0.0924. The molecule has 0 aromatic heterocycles. The first kappa shape index (κ1) is 14.8. The summed E-state index contributed by atoms with van der Waals surface area (Å²) in [7, 11) is 1.60. The van der Waals surface area contributed by atoms with Crippen LogP contribution in [0.2, 0.25) is 0 Å². The Balaban J connectivity index is 2.20. The van der Waals surface area contributed by atoms with Crippen molar-refractivity contribution in [3.63, 3.8) is 0 Å². The first-order chi connectivity index (χ1) is 9.47. The summed E-state index contributed by atoms with van der Waals surface area (Å²) in [6.45, 7) is 5.44. The summed E-state index contributed by atoms with van der Waals surface area (Å²) in [5, 5.41) is 0. The van der Waals surface area contributed by atoms with E-state index in [-0.39, 0.29) is 17.6 Å². The standard InChI is InChI=1S/C15H22N2O3/c1-15(2)10-20-13(8-16)9-17(15)14(18)11-4-6-12(19-3)7-5-11/h4-7,13H,8-10,16H2,1-3H3. The molecule has 1 heterocycles. The number of methoxy groups -OCH3 is 1. The third-order valence-electron chi connectivity index (χ3n) is 3.63. The zero-order chi connectivity index (χ0) is 14.8. The van der Waals surface area contributed by atoms with Crippen LogP contribution >= 0.6 is 0 Å². The predicted molar refractivity (Wildman–Crippen MR) is 76.9 cm³/mol. The van der Waals surface area contributed by atoms with E-state index >= 15 is 0 Å². The molecule has 1 aliphatic heterocycles. The molecule has 0 saturated carbocycles. The van der Waals surface area contributed by atoms with Gasteiger partial charge in [0.25, 0.3) is 5.91 Å². The molecule has 1 amide bonds. The molecule has 1 saturated heterocycles. The van der Waals surface area contributed by atoms with Crippen LogP contribution in [0.25, 0.3) is 0 Å². The summed E-state index contributed by atoms with van der Waals surface area (Å²) in [6, 6.07) is 7.15. The minimum absolute atomic E-state index is 0.000553. The molecule has 20 heavy (non-hydrogen) atoms. The number of hydrogen-bond donors (Lipinski definition) is 1. The molecule has 0 radical (unpaired) electrons. The number of hydrogen-bond acceptors (Lipinski definition) is 4. The van der Waals surface area contributed by atoms with E-state index in [1.54, 1.807) is 31.4 Å². The second kappa shape index (κ2) is 5.81. The van der Waals surface area contributed by atoms with Gasteiger partial charge in [-0.3, -0.25) is 4.79 Å². The van der Waals surface area contributed by atoms with Crippen molar-refractivity contribution in [2.24, 2.45) is 5.73 Å². The topological polar surface area (TPSA) is 64.8 Å². The van der Waals surface area contributed by atoms with E-state index in [0.29, 0.717) is 25.3 Å². The van der Waals surface area contributed by atoms with Gasteiger partial charge in [0.1, 0.15) is 5.75 Å². The van der Waals surface area contributed by atoms with Gasteiger partial charge in [0, 0.05) is 18.7 Å². The van der Waals surface area contributed by atoms with E-state index in [0.717, 1.165) is 5.75 Å². The minimum atomic E-state index is -0.331. The van der Waals surface area contributed by atoms with E-state index in [1.807, 2.05) is 18.7 Å². The molecule has 1 unspecified atom stereocenters. The van der Waals surface area contributed by atoms with Crippen LogP contribution < -0.4 is 10.5 Å². The molecule has 1 aliphatic rings. The van der Waals surface area contributed by atoms with Crippen molar-refractivity contribution in [1.82, 2.24) is 4.90 Å². The summed E-state index contributed by atoms with van der Waals surface area (Å²) >= 11 is 0. The fourth-order valence-electron chi connectivity index (χ4n) is 2.29. The first-order valence-electron chi connectivity index (χ1n) is 6.75. The van der Waals surface area contributed by atoms with Crippen molar-refractivity contribution in [3.05, 3.63) is 29.8 Å². The Morgan fingerprint density at radius 2 is 2.10 bits per heavy atom. The second-order valence-electron chi connectivity index (χ2n) is 5.63. The molecule has 0 bridgehead atoms. The number of nitrogens with two attached hydrogens (primary N) is 1. The van der Waals surface area contributed by atoms with Gasteiger partial charge in [0.05, 0.1) is 25.4 Å². The summed E-state index contributed by atoms with van der Waals surface area (Å²) in [4.78, 5) is 14.5. The van der Waals surface area contributed by atoms with Crippen molar-refractivity contribution in [2.45, 2.75) is 25.5 Å². The maximum Gasteiger partial charge on any atom is 0.254 e. The van der Waals surface area contributed by atoms with Gasteiger partial charge in [0.15, 0.2) is 0 Å². The largest absolute Gasteiger partial charge is 0.497 e. The van der Waals surface area contributed by atoms with Crippen LogP contribution in [0, 0.1) is 0 Å². The number of morpholine rings is 1.